The number of hydrogen-bond acceptors (Lipinski definition) is 2. The second kappa shape index (κ2) is 5.52. The first-order valence-electron chi connectivity index (χ1n) is 5.81. The van der Waals surface area contributed by atoms with Crippen molar-refractivity contribution >= 4 is 11.6 Å². The van der Waals surface area contributed by atoms with E-state index in [0.29, 0.717) is 11.4 Å². The van der Waals surface area contributed by atoms with Gasteiger partial charge < -0.3 is 10.1 Å². The van der Waals surface area contributed by atoms with Crippen LogP contribution in [0.25, 0.3) is 0 Å². The number of benzene rings is 2. The zero-order valence-electron chi connectivity index (χ0n) is 10.7. The number of nitrogens with one attached hydrogen (secondary N) is 1. The molecular formula is C15H14FNO2. The molecule has 0 atom stereocenters. The molecule has 0 aliphatic heterocycles. The third-order valence-electron chi connectivity index (χ3n) is 2.71. The fourth-order valence-electron chi connectivity index (χ4n) is 1.69. The summed E-state index contributed by atoms with van der Waals surface area (Å²) in [5, 5.41) is 2.64. The van der Waals surface area contributed by atoms with Gasteiger partial charge in [-0.2, -0.15) is 0 Å². The highest BCUT2D eigenvalue weighted by Gasteiger charge is 2.11. The molecule has 0 aliphatic rings. The van der Waals surface area contributed by atoms with Gasteiger partial charge in [-0.25, -0.2) is 4.39 Å². The van der Waals surface area contributed by atoms with E-state index in [9.17, 15) is 9.18 Å². The van der Waals surface area contributed by atoms with E-state index >= 15 is 0 Å². The first kappa shape index (κ1) is 13.1. The van der Waals surface area contributed by atoms with Gasteiger partial charge in [0.25, 0.3) is 5.91 Å². The number of ether oxygens (including phenoxy) is 1. The van der Waals surface area contributed by atoms with Gasteiger partial charge in [0.1, 0.15) is 11.6 Å². The van der Waals surface area contributed by atoms with E-state index in [4.69, 9.17) is 4.74 Å². The molecular weight excluding hydrogens is 245 g/mol. The van der Waals surface area contributed by atoms with Crippen LogP contribution in [0.3, 0.4) is 0 Å². The van der Waals surface area contributed by atoms with Crippen LogP contribution in [0.5, 0.6) is 5.75 Å². The van der Waals surface area contributed by atoms with Crippen LogP contribution in [-0.2, 0) is 0 Å². The van der Waals surface area contributed by atoms with E-state index in [0.717, 1.165) is 5.56 Å². The number of amides is 1. The van der Waals surface area contributed by atoms with Crippen molar-refractivity contribution < 1.29 is 13.9 Å². The first-order valence-corrected chi connectivity index (χ1v) is 5.81. The lowest BCUT2D eigenvalue weighted by Gasteiger charge is -2.07. The maximum absolute atomic E-state index is 13.6. The molecule has 0 radical (unpaired) electrons. The zero-order chi connectivity index (χ0) is 13.8. The quantitative estimate of drug-likeness (QED) is 0.917. The number of carbonyl (C=O) groups excluding carboxylic acids is 1. The van der Waals surface area contributed by atoms with Gasteiger partial charge in [0.2, 0.25) is 0 Å². The minimum atomic E-state index is -0.531. The molecule has 4 heteroatoms. The molecule has 1 N–H and O–H groups in total. The fraction of sp³-hybridized carbons (Fsp3) is 0.133. The predicted molar refractivity (Wildman–Crippen MR) is 72.1 cm³/mol. The molecule has 0 saturated carbocycles. The second-order valence-corrected chi connectivity index (χ2v) is 4.17. The SMILES string of the molecule is COc1ccc(NC(=O)c2cc(C)ccc2F)cc1. The van der Waals surface area contributed by atoms with E-state index < -0.39 is 11.7 Å². The molecule has 0 bridgehead atoms. The molecule has 0 fully saturated rings. The summed E-state index contributed by atoms with van der Waals surface area (Å²) < 4.78 is 18.6. The third-order valence-corrected chi connectivity index (χ3v) is 2.71. The van der Waals surface area contributed by atoms with Gasteiger partial charge >= 0.3 is 0 Å². The number of halogens is 1. The van der Waals surface area contributed by atoms with Crippen LogP contribution < -0.4 is 10.1 Å². The maximum atomic E-state index is 13.6. The van der Waals surface area contributed by atoms with Crippen molar-refractivity contribution in [3.05, 3.63) is 59.4 Å². The molecule has 0 unspecified atom stereocenters. The van der Waals surface area contributed by atoms with E-state index in [2.05, 4.69) is 5.32 Å². The summed E-state index contributed by atoms with van der Waals surface area (Å²) in [6, 6.07) is 11.3. The van der Waals surface area contributed by atoms with Crippen LogP contribution in [0.4, 0.5) is 10.1 Å². The van der Waals surface area contributed by atoms with Gasteiger partial charge in [0.05, 0.1) is 12.7 Å². The highest BCUT2D eigenvalue weighted by Crippen LogP contribution is 2.17. The Morgan fingerprint density at radius 3 is 2.47 bits per heavy atom. The van der Waals surface area contributed by atoms with Crippen molar-refractivity contribution in [2.45, 2.75) is 6.92 Å². The lowest BCUT2D eigenvalue weighted by molar-refractivity contribution is 0.102. The summed E-state index contributed by atoms with van der Waals surface area (Å²) in [5.41, 5.74) is 1.46. The topological polar surface area (TPSA) is 38.3 Å². The zero-order valence-corrected chi connectivity index (χ0v) is 10.7. The molecule has 2 rings (SSSR count). The van der Waals surface area contributed by atoms with E-state index in [1.807, 2.05) is 6.92 Å². The van der Waals surface area contributed by atoms with Gasteiger partial charge in [0.15, 0.2) is 0 Å². The largest absolute Gasteiger partial charge is 0.497 e. The maximum Gasteiger partial charge on any atom is 0.258 e. The molecule has 98 valence electrons. The standard InChI is InChI=1S/C15H14FNO2/c1-10-3-8-14(16)13(9-10)15(18)17-11-4-6-12(19-2)7-5-11/h3-9H,1-2H3,(H,17,18). The first-order chi connectivity index (χ1) is 9.10. The van der Waals surface area contributed by atoms with Gasteiger partial charge in [-0.15, -0.1) is 0 Å². The average Bonchev–Trinajstić information content (AvgIpc) is 2.42. The molecule has 1 amide bonds. The molecule has 3 nitrogen and oxygen atoms in total. The highest BCUT2D eigenvalue weighted by atomic mass is 19.1. The van der Waals surface area contributed by atoms with Crippen LogP contribution in [0.2, 0.25) is 0 Å². The molecule has 0 heterocycles. The molecule has 2 aromatic rings. The van der Waals surface area contributed by atoms with Gasteiger partial charge in [0, 0.05) is 5.69 Å². The molecule has 2 aromatic carbocycles. The van der Waals surface area contributed by atoms with Gasteiger partial charge in [-0.05, 0) is 43.3 Å². The van der Waals surface area contributed by atoms with Crippen molar-refractivity contribution in [3.63, 3.8) is 0 Å². The normalized spacial score (nSPS) is 10.1. The molecule has 19 heavy (non-hydrogen) atoms. The fourth-order valence-corrected chi connectivity index (χ4v) is 1.69. The van der Waals surface area contributed by atoms with Crippen molar-refractivity contribution in [2.75, 3.05) is 12.4 Å². The van der Waals surface area contributed by atoms with E-state index in [1.54, 1.807) is 37.4 Å². The Morgan fingerprint density at radius 2 is 1.84 bits per heavy atom. The Bertz CT molecular complexity index is 594. The lowest BCUT2D eigenvalue weighted by Crippen LogP contribution is -2.13. The number of rotatable bonds is 3. The van der Waals surface area contributed by atoms with Crippen molar-refractivity contribution in [1.82, 2.24) is 0 Å². The number of aryl methyl sites for hydroxylation is 1. The third kappa shape index (κ3) is 3.10. The van der Waals surface area contributed by atoms with Crippen LogP contribution in [0, 0.1) is 12.7 Å². The van der Waals surface area contributed by atoms with Gasteiger partial charge in [-0.3, -0.25) is 4.79 Å². The van der Waals surface area contributed by atoms with E-state index in [1.165, 1.54) is 12.1 Å². The molecule has 0 spiro atoms. The average molecular weight is 259 g/mol. The Kier molecular flexibility index (Phi) is 3.80. The van der Waals surface area contributed by atoms with Crippen molar-refractivity contribution in [2.24, 2.45) is 0 Å². The second-order valence-electron chi connectivity index (χ2n) is 4.17. The highest BCUT2D eigenvalue weighted by molar-refractivity contribution is 6.04. The number of methoxy groups -OCH3 is 1. The summed E-state index contributed by atoms with van der Waals surface area (Å²) in [5.74, 6) is -0.303. The molecule has 0 aliphatic carbocycles. The van der Waals surface area contributed by atoms with Gasteiger partial charge in [-0.1, -0.05) is 11.6 Å². The van der Waals surface area contributed by atoms with Crippen molar-refractivity contribution in [1.29, 1.82) is 0 Å². The number of anilines is 1. The number of hydrogen-bond donors (Lipinski definition) is 1. The lowest BCUT2D eigenvalue weighted by atomic mass is 10.1. The van der Waals surface area contributed by atoms with Crippen LogP contribution in [0.1, 0.15) is 15.9 Å². The van der Waals surface area contributed by atoms with Crippen molar-refractivity contribution in [3.8, 4) is 5.75 Å². The Morgan fingerprint density at radius 1 is 1.16 bits per heavy atom. The van der Waals surface area contributed by atoms with E-state index in [-0.39, 0.29) is 5.56 Å². The smallest absolute Gasteiger partial charge is 0.258 e. The summed E-state index contributed by atoms with van der Waals surface area (Å²) >= 11 is 0. The summed E-state index contributed by atoms with van der Waals surface area (Å²) in [6.07, 6.45) is 0. The minimum Gasteiger partial charge on any atom is -0.497 e. The Balaban J connectivity index is 2.18. The van der Waals surface area contributed by atoms with Crippen LogP contribution in [-0.4, -0.2) is 13.0 Å². The van der Waals surface area contributed by atoms with Crippen LogP contribution >= 0.6 is 0 Å². The summed E-state index contributed by atoms with van der Waals surface area (Å²) in [6.45, 7) is 1.81. The molecule has 0 saturated heterocycles. The summed E-state index contributed by atoms with van der Waals surface area (Å²) in [4.78, 5) is 12.0. The predicted octanol–water partition coefficient (Wildman–Crippen LogP) is 3.40. The molecule has 0 aromatic heterocycles. The minimum absolute atomic E-state index is 0.0378. The monoisotopic (exact) mass is 259 g/mol. The Hall–Kier alpha value is -2.36. The van der Waals surface area contributed by atoms with Crippen LogP contribution in [0.15, 0.2) is 42.5 Å². The number of carbonyl (C=O) groups is 1. The Labute approximate surface area is 111 Å². The summed E-state index contributed by atoms with van der Waals surface area (Å²) in [7, 11) is 1.57.